The molecule has 2 aliphatic rings. The Balaban J connectivity index is 1.35. The van der Waals surface area contributed by atoms with Gasteiger partial charge in [-0.25, -0.2) is 0 Å². The lowest BCUT2D eigenvalue weighted by molar-refractivity contribution is 0.306. The highest BCUT2D eigenvalue weighted by atomic mass is 35.5. The quantitative estimate of drug-likeness (QED) is 0.443. The first-order chi connectivity index (χ1) is 14.2. The minimum Gasteiger partial charge on any atom is -0.489 e. The zero-order valence-electron chi connectivity index (χ0n) is 15.8. The summed E-state index contributed by atoms with van der Waals surface area (Å²) in [5, 5.41) is 5.26. The maximum atomic E-state index is 6.25. The second-order valence-electron chi connectivity index (χ2n) is 7.66. The van der Waals surface area contributed by atoms with Crippen LogP contribution in [0.1, 0.15) is 35.1 Å². The molecule has 1 aliphatic heterocycles. The molecule has 0 aromatic heterocycles. The van der Waals surface area contributed by atoms with Crippen molar-refractivity contribution < 1.29 is 4.74 Å². The average molecular weight is 422 g/mol. The highest BCUT2D eigenvalue weighted by molar-refractivity contribution is 6.31. The summed E-state index contributed by atoms with van der Waals surface area (Å²) >= 11 is 12.5. The molecule has 3 aromatic rings. The summed E-state index contributed by atoms with van der Waals surface area (Å²) in [5.74, 6) is 1.75. The molecule has 1 heterocycles. The lowest BCUT2D eigenvalue weighted by Crippen LogP contribution is -2.29. The van der Waals surface area contributed by atoms with Gasteiger partial charge in [-0.2, -0.15) is 0 Å². The van der Waals surface area contributed by atoms with Gasteiger partial charge in [-0.3, -0.25) is 0 Å². The van der Waals surface area contributed by atoms with Crippen molar-refractivity contribution >= 4 is 28.9 Å². The molecule has 0 saturated heterocycles. The zero-order chi connectivity index (χ0) is 19.8. The summed E-state index contributed by atoms with van der Waals surface area (Å²) in [7, 11) is 0. The van der Waals surface area contributed by atoms with Crippen molar-refractivity contribution in [3.8, 4) is 5.75 Å². The Morgan fingerprint density at radius 3 is 2.62 bits per heavy atom. The Bertz CT molecular complexity index is 1060. The highest BCUT2D eigenvalue weighted by Gasteiger charge is 2.37. The van der Waals surface area contributed by atoms with Gasteiger partial charge >= 0.3 is 0 Å². The fourth-order valence-electron chi connectivity index (χ4n) is 4.44. The van der Waals surface area contributed by atoms with E-state index in [1.54, 1.807) is 0 Å². The lowest BCUT2D eigenvalue weighted by Gasteiger charge is -2.37. The lowest BCUT2D eigenvalue weighted by atomic mass is 9.77. The molecule has 0 radical (unpaired) electrons. The molecule has 146 valence electrons. The van der Waals surface area contributed by atoms with Gasteiger partial charge in [0.05, 0.1) is 6.04 Å². The number of halogens is 2. The second-order valence-corrected chi connectivity index (χ2v) is 8.50. The largest absolute Gasteiger partial charge is 0.489 e. The van der Waals surface area contributed by atoms with Crippen molar-refractivity contribution in [3.63, 3.8) is 0 Å². The molecule has 0 fully saturated rings. The first-order valence-corrected chi connectivity index (χ1v) is 10.6. The van der Waals surface area contributed by atoms with Crippen molar-refractivity contribution in [1.82, 2.24) is 0 Å². The molecule has 4 heteroatoms. The first kappa shape index (κ1) is 18.6. The van der Waals surface area contributed by atoms with E-state index in [9.17, 15) is 0 Å². The fourth-order valence-corrected chi connectivity index (χ4v) is 4.81. The number of rotatable bonds is 4. The average Bonchev–Trinajstić information content (AvgIpc) is 3.23. The minimum atomic E-state index is 0.265. The monoisotopic (exact) mass is 421 g/mol. The van der Waals surface area contributed by atoms with E-state index in [4.69, 9.17) is 27.9 Å². The number of allylic oxidation sites excluding steroid dienone is 2. The third-order valence-electron chi connectivity index (χ3n) is 5.92. The molecule has 0 saturated carbocycles. The zero-order valence-corrected chi connectivity index (χ0v) is 17.3. The molecule has 3 atom stereocenters. The Morgan fingerprint density at radius 1 is 0.966 bits per heavy atom. The van der Waals surface area contributed by atoms with Crippen LogP contribution >= 0.6 is 23.2 Å². The Labute approximate surface area is 181 Å². The number of nitrogens with one attached hydrogen (secondary N) is 1. The summed E-state index contributed by atoms with van der Waals surface area (Å²) in [5.41, 5.74) is 4.73. The van der Waals surface area contributed by atoms with Crippen LogP contribution in [0.2, 0.25) is 10.0 Å². The molecular weight excluding hydrogens is 401 g/mol. The Kier molecular flexibility index (Phi) is 4.99. The van der Waals surface area contributed by atoms with Crippen molar-refractivity contribution in [2.45, 2.75) is 25.0 Å². The number of benzene rings is 3. The van der Waals surface area contributed by atoms with Gasteiger partial charge in [-0.05, 0) is 59.9 Å². The predicted molar refractivity (Wildman–Crippen MR) is 120 cm³/mol. The van der Waals surface area contributed by atoms with Gasteiger partial charge in [0.1, 0.15) is 12.4 Å². The van der Waals surface area contributed by atoms with Gasteiger partial charge < -0.3 is 10.1 Å². The van der Waals surface area contributed by atoms with Crippen LogP contribution in [0.25, 0.3) is 0 Å². The maximum Gasteiger partial charge on any atom is 0.119 e. The molecule has 0 amide bonds. The van der Waals surface area contributed by atoms with Gasteiger partial charge in [-0.1, -0.05) is 65.7 Å². The van der Waals surface area contributed by atoms with E-state index < -0.39 is 0 Å². The van der Waals surface area contributed by atoms with Crippen LogP contribution in [0.4, 0.5) is 5.69 Å². The van der Waals surface area contributed by atoms with Crippen molar-refractivity contribution in [2.24, 2.45) is 5.92 Å². The van der Waals surface area contributed by atoms with Gasteiger partial charge in [0.2, 0.25) is 0 Å². The molecule has 2 nitrogen and oxygen atoms in total. The van der Waals surface area contributed by atoms with E-state index >= 15 is 0 Å². The predicted octanol–water partition coefficient (Wildman–Crippen LogP) is 7.40. The fraction of sp³-hybridized carbons (Fsp3) is 0.200. The molecule has 29 heavy (non-hydrogen) atoms. The molecule has 0 unspecified atom stereocenters. The Morgan fingerprint density at radius 2 is 1.79 bits per heavy atom. The number of hydrogen-bond donors (Lipinski definition) is 1. The van der Waals surface area contributed by atoms with Gasteiger partial charge in [-0.15, -0.1) is 0 Å². The normalized spacial score (nSPS) is 21.9. The van der Waals surface area contributed by atoms with Gasteiger partial charge in [0, 0.05) is 27.2 Å². The number of ether oxygens (including phenoxy) is 1. The van der Waals surface area contributed by atoms with E-state index in [0.29, 0.717) is 18.4 Å². The van der Waals surface area contributed by atoms with Crippen LogP contribution in [-0.2, 0) is 6.61 Å². The maximum absolute atomic E-state index is 6.25. The summed E-state index contributed by atoms with van der Waals surface area (Å²) in [6.07, 6.45) is 5.69. The summed E-state index contributed by atoms with van der Waals surface area (Å²) in [6, 6.07) is 22.6. The molecule has 1 aliphatic carbocycles. The molecule has 3 aromatic carbocycles. The molecule has 1 N–H and O–H groups in total. The molecule has 0 spiro atoms. The standard InChI is InChI=1S/C25H21Cl2NO/c26-18-10-13-24-22(14-18)20-5-3-6-21(20)25(28-24)16-8-11-19(12-9-16)29-15-17-4-1-2-7-23(17)27/h1-5,7-14,20-21,25,28H,6,15H2/t20-,21+,25+/m1/s1. The summed E-state index contributed by atoms with van der Waals surface area (Å²) in [6.45, 7) is 0.462. The van der Waals surface area contributed by atoms with E-state index in [0.717, 1.165) is 27.8 Å². The summed E-state index contributed by atoms with van der Waals surface area (Å²) in [4.78, 5) is 0. The van der Waals surface area contributed by atoms with Crippen molar-refractivity contribution in [1.29, 1.82) is 0 Å². The summed E-state index contributed by atoms with van der Waals surface area (Å²) < 4.78 is 5.94. The Hall–Kier alpha value is -2.42. The molecular formula is C25H21Cl2NO. The molecule has 0 bridgehead atoms. The SMILES string of the molecule is Clc1ccc2c(c1)[C@@H]1C=CC[C@@H]1[C@H](c1ccc(OCc3ccccc3Cl)cc1)N2. The van der Waals surface area contributed by atoms with Crippen LogP contribution < -0.4 is 10.1 Å². The highest BCUT2D eigenvalue weighted by Crippen LogP contribution is 2.50. The van der Waals surface area contributed by atoms with Crippen LogP contribution in [-0.4, -0.2) is 0 Å². The third kappa shape index (κ3) is 3.63. The van der Waals surface area contributed by atoms with Gasteiger partial charge in [0.15, 0.2) is 0 Å². The van der Waals surface area contributed by atoms with Crippen LogP contribution in [0, 0.1) is 5.92 Å². The first-order valence-electron chi connectivity index (χ1n) is 9.88. The van der Waals surface area contributed by atoms with E-state index in [2.05, 4.69) is 41.7 Å². The van der Waals surface area contributed by atoms with E-state index in [-0.39, 0.29) is 6.04 Å². The minimum absolute atomic E-state index is 0.265. The van der Waals surface area contributed by atoms with Crippen LogP contribution in [0.15, 0.2) is 78.9 Å². The second kappa shape index (κ2) is 7.78. The third-order valence-corrected chi connectivity index (χ3v) is 6.52. The number of fused-ring (bicyclic) bond motifs is 3. The van der Waals surface area contributed by atoms with E-state index in [1.165, 1.54) is 16.8 Å². The van der Waals surface area contributed by atoms with Crippen LogP contribution in [0.5, 0.6) is 5.75 Å². The van der Waals surface area contributed by atoms with Crippen LogP contribution in [0.3, 0.4) is 0 Å². The van der Waals surface area contributed by atoms with Crippen molar-refractivity contribution in [3.05, 3.63) is 106 Å². The topological polar surface area (TPSA) is 21.3 Å². The number of hydrogen-bond acceptors (Lipinski definition) is 2. The molecule has 5 rings (SSSR count). The van der Waals surface area contributed by atoms with Crippen molar-refractivity contribution in [2.75, 3.05) is 5.32 Å². The van der Waals surface area contributed by atoms with E-state index in [1.807, 2.05) is 42.5 Å². The number of anilines is 1. The van der Waals surface area contributed by atoms with Gasteiger partial charge in [0.25, 0.3) is 0 Å². The smallest absolute Gasteiger partial charge is 0.119 e.